The highest BCUT2D eigenvalue weighted by Gasteiger charge is 2.16. The molecule has 1 aromatic rings. The Morgan fingerprint density at radius 3 is 2.94 bits per heavy atom. The molecule has 3 heteroatoms. The second-order valence-electron chi connectivity index (χ2n) is 4.30. The number of methoxy groups -OCH3 is 1. The molecule has 1 aromatic carbocycles. The summed E-state index contributed by atoms with van der Waals surface area (Å²) in [5.41, 5.74) is 3.46. The topological polar surface area (TPSA) is 35.5 Å². The molecule has 2 rings (SSSR count). The van der Waals surface area contributed by atoms with E-state index in [1.54, 1.807) is 13.2 Å². The van der Waals surface area contributed by atoms with Gasteiger partial charge >= 0.3 is 5.97 Å². The molecule has 0 bridgehead atoms. The molecule has 0 radical (unpaired) electrons. The van der Waals surface area contributed by atoms with Crippen LogP contribution in [0.15, 0.2) is 24.3 Å². The molecular weight excluding hydrogens is 228 g/mol. The van der Waals surface area contributed by atoms with Gasteiger partial charge in [-0.25, -0.2) is 4.79 Å². The summed E-state index contributed by atoms with van der Waals surface area (Å²) < 4.78 is 10.2. The van der Waals surface area contributed by atoms with Gasteiger partial charge in [0.05, 0.1) is 13.7 Å². The molecule has 0 spiro atoms. The molecule has 0 saturated carbocycles. The van der Waals surface area contributed by atoms with Crippen molar-refractivity contribution in [3.05, 3.63) is 35.4 Å². The lowest BCUT2D eigenvalue weighted by atomic mass is 9.87. The Kier molecular flexibility index (Phi) is 4.03. The van der Waals surface area contributed by atoms with Crippen LogP contribution < -0.4 is 4.74 Å². The Morgan fingerprint density at radius 1 is 1.39 bits per heavy atom. The Bertz CT molecular complexity index is 475. The molecule has 0 aromatic heterocycles. The second kappa shape index (κ2) is 5.71. The fraction of sp³-hybridized carbons (Fsp3) is 0.400. The van der Waals surface area contributed by atoms with Crippen molar-refractivity contribution in [2.75, 3.05) is 13.7 Å². The Balaban J connectivity index is 2.30. The first-order chi connectivity index (χ1) is 8.74. The van der Waals surface area contributed by atoms with Crippen molar-refractivity contribution in [1.82, 2.24) is 0 Å². The molecular formula is C15H18O3. The van der Waals surface area contributed by atoms with Gasteiger partial charge in [-0.15, -0.1) is 0 Å². The third kappa shape index (κ3) is 2.73. The molecule has 0 fully saturated rings. The number of hydrogen-bond donors (Lipinski definition) is 0. The van der Waals surface area contributed by atoms with Gasteiger partial charge in [-0.1, -0.05) is 6.07 Å². The van der Waals surface area contributed by atoms with Crippen LogP contribution in [0.4, 0.5) is 0 Å². The summed E-state index contributed by atoms with van der Waals surface area (Å²) in [6.45, 7) is 2.23. The van der Waals surface area contributed by atoms with E-state index in [0.29, 0.717) is 6.61 Å². The van der Waals surface area contributed by atoms with E-state index in [1.165, 1.54) is 5.56 Å². The molecule has 0 N–H and O–H groups in total. The van der Waals surface area contributed by atoms with E-state index < -0.39 is 0 Å². The normalized spacial score (nSPS) is 16.2. The SMILES string of the molecule is CCOC(=O)C=C1CCCc2cc(OC)ccc21. The lowest BCUT2D eigenvalue weighted by Gasteiger charge is -2.19. The number of esters is 1. The van der Waals surface area contributed by atoms with Crippen molar-refractivity contribution < 1.29 is 14.3 Å². The predicted octanol–water partition coefficient (Wildman–Crippen LogP) is 2.98. The molecule has 0 unspecified atom stereocenters. The van der Waals surface area contributed by atoms with E-state index in [9.17, 15) is 4.79 Å². The lowest BCUT2D eigenvalue weighted by Crippen LogP contribution is -2.06. The van der Waals surface area contributed by atoms with Gasteiger partial charge in [-0.05, 0) is 55.0 Å². The van der Waals surface area contributed by atoms with Crippen molar-refractivity contribution in [2.24, 2.45) is 0 Å². The van der Waals surface area contributed by atoms with Crippen LogP contribution >= 0.6 is 0 Å². The number of hydrogen-bond acceptors (Lipinski definition) is 3. The van der Waals surface area contributed by atoms with E-state index in [4.69, 9.17) is 9.47 Å². The van der Waals surface area contributed by atoms with Crippen LogP contribution in [-0.4, -0.2) is 19.7 Å². The Hall–Kier alpha value is -1.77. The van der Waals surface area contributed by atoms with Crippen molar-refractivity contribution in [3.63, 3.8) is 0 Å². The molecule has 18 heavy (non-hydrogen) atoms. The first-order valence-corrected chi connectivity index (χ1v) is 6.29. The first-order valence-electron chi connectivity index (χ1n) is 6.29. The third-order valence-corrected chi connectivity index (χ3v) is 3.13. The summed E-state index contributed by atoms with van der Waals surface area (Å²) in [5.74, 6) is 0.613. The Morgan fingerprint density at radius 2 is 2.22 bits per heavy atom. The number of ether oxygens (including phenoxy) is 2. The second-order valence-corrected chi connectivity index (χ2v) is 4.30. The molecule has 0 heterocycles. The van der Waals surface area contributed by atoms with E-state index >= 15 is 0 Å². The number of benzene rings is 1. The predicted molar refractivity (Wildman–Crippen MR) is 70.5 cm³/mol. The van der Waals surface area contributed by atoms with Crippen molar-refractivity contribution >= 4 is 11.5 Å². The number of allylic oxidation sites excluding steroid dienone is 1. The monoisotopic (exact) mass is 246 g/mol. The van der Waals surface area contributed by atoms with Gasteiger partial charge in [0.1, 0.15) is 5.75 Å². The smallest absolute Gasteiger partial charge is 0.331 e. The quantitative estimate of drug-likeness (QED) is 0.607. The van der Waals surface area contributed by atoms with E-state index in [2.05, 4.69) is 0 Å². The van der Waals surface area contributed by atoms with E-state index in [0.717, 1.165) is 36.1 Å². The molecule has 0 saturated heterocycles. The zero-order chi connectivity index (χ0) is 13.0. The molecule has 96 valence electrons. The lowest BCUT2D eigenvalue weighted by molar-refractivity contribution is -0.137. The Labute approximate surface area is 107 Å². The highest BCUT2D eigenvalue weighted by Crippen LogP contribution is 2.32. The average Bonchev–Trinajstić information content (AvgIpc) is 2.38. The van der Waals surface area contributed by atoms with Crippen LogP contribution in [0.2, 0.25) is 0 Å². The zero-order valence-electron chi connectivity index (χ0n) is 10.9. The number of rotatable bonds is 3. The average molecular weight is 246 g/mol. The van der Waals surface area contributed by atoms with Crippen LogP contribution in [0.25, 0.3) is 5.57 Å². The van der Waals surface area contributed by atoms with E-state index in [1.807, 2.05) is 25.1 Å². The molecule has 0 atom stereocenters. The summed E-state index contributed by atoms with van der Waals surface area (Å²) in [4.78, 5) is 11.5. The van der Waals surface area contributed by atoms with Gasteiger partial charge in [-0.3, -0.25) is 0 Å². The zero-order valence-corrected chi connectivity index (χ0v) is 10.9. The van der Waals surface area contributed by atoms with Crippen LogP contribution in [0.1, 0.15) is 30.9 Å². The summed E-state index contributed by atoms with van der Waals surface area (Å²) in [5, 5.41) is 0. The van der Waals surface area contributed by atoms with E-state index in [-0.39, 0.29) is 5.97 Å². The van der Waals surface area contributed by atoms with Gasteiger partial charge in [0.25, 0.3) is 0 Å². The summed E-state index contributed by atoms with van der Waals surface area (Å²) in [7, 11) is 1.67. The van der Waals surface area contributed by atoms with Gasteiger partial charge in [0.2, 0.25) is 0 Å². The minimum atomic E-state index is -0.254. The summed E-state index contributed by atoms with van der Waals surface area (Å²) in [6, 6.07) is 6.01. The minimum absolute atomic E-state index is 0.254. The third-order valence-electron chi connectivity index (χ3n) is 3.13. The number of fused-ring (bicyclic) bond motifs is 1. The maximum atomic E-state index is 11.5. The summed E-state index contributed by atoms with van der Waals surface area (Å²) in [6.07, 6.45) is 4.64. The van der Waals surface area contributed by atoms with Crippen LogP contribution in [0.5, 0.6) is 5.75 Å². The van der Waals surface area contributed by atoms with Gasteiger partial charge in [0, 0.05) is 6.08 Å². The van der Waals surface area contributed by atoms with Crippen molar-refractivity contribution in [3.8, 4) is 5.75 Å². The molecule has 1 aliphatic rings. The number of aryl methyl sites for hydroxylation is 1. The highest BCUT2D eigenvalue weighted by atomic mass is 16.5. The number of carbonyl (C=O) groups excluding carboxylic acids is 1. The van der Waals surface area contributed by atoms with Gasteiger partial charge in [0.15, 0.2) is 0 Å². The molecule has 1 aliphatic carbocycles. The molecule has 3 nitrogen and oxygen atoms in total. The van der Waals surface area contributed by atoms with Crippen LogP contribution in [0.3, 0.4) is 0 Å². The molecule has 0 aliphatic heterocycles. The summed E-state index contributed by atoms with van der Waals surface area (Å²) >= 11 is 0. The highest BCUT2D eigenvalue weighted by molar-refractivity contribution is 5.92. The minimum Gasteiger partial charge on any atom is -0.497 e. The number of carbonyl (C=O) groups is 1. The first kappa shape index (κ1) is 12.7. The van der Waals surface area contributed by atoms with Gasteiger partial charge < -0.3 is 9.47 Å². The molecule has 0 amide bonds. The van der Waals surface area contributed by atoms with Crippen LogP contribution in [0, 0.1) is 0 Å². The van der Waals surface area contributed by atoms with Crippen molar-refractivity contribution in [2.45, 2.75) is 26.2 Å². The fourth-order valence-electron chi connectivity index (χ4n) is 2.30. The standard InChI is InChI=1S/C15H18O3/c1-3-18-15(16)10-12-6-4-5-11-9-13(17-2)7-8-14(11)12/h7-10H,3-6H2,1-2H3. The fourth-order valence-corrected chi connectivity index (χ4v) is 2.30. The maximum Gasteiger partial charge on any atom is 0.331 e. The maximum absolute atomic E-state index is 11.5. The van der Waals surface area contributed by atoms with Crippen molar-refractivity contribution in [1.29, 1.82) is 0 Å². The van der Waals surface area contributed by atoms with Gasteiger partial charge in [-0.2, -0.15) is 0 Å². The van der Waals surface area contributed by atoms with Crippen LogP contribution in [-0.2, 0) is 16.0 Å². The largest absolute Gasteiger partial charge is 0.497 e.